The summed E-state index contributed by atoms with van der Waals surface area (Å²) < 4.78 is 5.03. The molecule has 1 aromatic rings. The molecule has 0 heterocycles. The van der Waals surface area contributed by atoms with E-state index in [1.807, 2.05) is 21.0 Å². The van der Waals surface area contributed by atoms with Crippen molar-refractivity contribution in [2.24, 2.45) is 0 Å². The van der Waals surface area contributed by atoms with Crippen LogP contribution in [0.3, 0.4) is 0 Å². The van der Waals surface area contributed by atoms with Gasteiger partial charge in [-0.3, -0.25) is 4.79 Å². The van der Waals surface area contributed by atoms with Gasteiger partial charge < -0.3 is 15.0 Å². The lowest BCUT2D eigenvalue weighted by atomic mass is 10.2. The summed E-state index contributed by atoms with van der Waals surface area (Å²) >= 11 is 0. The second-order valence-corrected chi connectivity index (χ2v) is 4.61. The lowest BCUT2D eigenvalue weighted by Gasteiger charge is -2.14. The predicted molar refractivity (Wildman–Crippen MR) is 73.7 cm³/mol. The SMILES string of the molecule is CC(=O)OC(C)CNCc1ccc(N(C)C)cc1. The van der Waals surface area contributed by atoms with E-state index in [-0.39, 0.29) is 12.1 Å². The predicted octanol–water partition coefficient (Wildman–Crippen LogP) is 1.79. The zero-order valence-electron chi connectivity index (χ0n) is 11.6. The molecule has 0 aliphatic heterocycles. The summed E-state index contributed by atoms with van der Waals surface area (Å²) in [7, 11) is 4.04. The molecule has 0 bridgehead atoms. The quantitative estimate of drug-likeness (QED) is 0.782. The molecule has 0 aliphatic rings. The van der Waals surface area contributed by atoms with E-state index in [0.29, 0.717) is 6.54 Å². The fraction of sp³-hybridized carbons (Fsp3) is 0.500. The van der Waals surface area contributed by atoms with Crippen LogP contribution in [0, 0.1) is 0 Å². The summed E-state index contributed by atoms with van der Waals surface area (Å²) in [5.41, 5.74) is 2.41. The lowest BCUT2D eigenvalue weighted by molar-refractivity contribution is -0.145. The third-order valence-corrected chi connectivity index (χ3v) is 2.58. The van der Waals surface area contributed by atoms with Gasteiger partial charge in [0.25, 0.3) is 0 Å². The Kier molecular flexibility index (Phi) is 5.65. The molecule has 1 aromatic carbocycles. The van der Waals surface area contributed by atoms with E-state index in [4.69, 9.17) is 4.74 Å². The largest absolute Gasteiger partial charge is 0.462 e. The lowest BCUT2D eigenvalue weighted by Crippen LogP contribution is -2.27. The summed E-state index contributed by atoms with van der Waals surface area (Å²) in [6.07, 6.45) is -0.0939. The number of ether oxygens (including phenoxy) is 1. The third-order valence-electron chi connectivity index (χ3n) is 2.58. The van der Waals surface area contributed by atoms with E-state index in [0.717, 1.165) is 6.54 Å². The zero-order valence-corrected chi connectivity index (χ0v) is 11.6. The van der Waals surface area contributed by atoms with Crippen LogP contribution in [0.4, 0.5) is 5.69 Å². The van der Waals surface area contributed by atoms with Gasteiger partial charge in [-0.1, -0.05) is 12.1 Å². The molecule has 1 unspecified atom stereocenters. The van der Waals surface area contributed by atoms with Crippen molar-refractivity contribution in [3.8, 4) is 0 Å². The number of benzene rings is 1. The van der Waals surface area contributed by atoms with Crippen molar-refractivity contribution in [1.82, 2.24) is 5.32 Å². The molecule has 0 saturated carbocycles. The number of hydrogen-bond donors (Lipinski definition) is 1. The van der Waals surface area contributed by atoms with Crippen molar-refractivity contribution in [1.29, 1.82) is 0 Å². The minimum absolute atomic E-state index is 0.0939. The Morgan fingerprint density at radius 3 is 2.44 bits per heavy atom. The maximum atomic E-state index is 10.7. The minimum atomic E-state index is -0.236. The van der Waals surface area contributed by atoms with Gasteiger partial charge in [0.05, 0.1) is 0 Å². The summed E-state index contributed by atoms with van der Waals surface area (Å²) in [5, 5.41) is 3.26. The Morgan fingerprint density at radius 2 is 1.94 bits per heavy atom. The average molecular weight is 250 g/mol. The topological polar surface area (TPSA) is 41.6 Å². The van der Waals surface area contributed by atoms with Crippen molar-refractivity contribution in [3.05, 3.63) is 29.8 Å². The average Bonchev–Trinajstić information content (AvgIpc) is 2.28. The number of carbonyl (C=O) groups excluding carboxylic acids is 1. The van der Waals surface area contributed by atoms with Crippen LogP contribution >= 0.6 is 0 Å². The van der Waals surface area contributed by atoms with Gasteiger partial charge >= 0.3 is 5.97 Å². The van der Waals surface area contributed by atoms with Crippen LogP contribution in [0.25, 0.3) is 0 Å². The third kappa shape index (κ3) is 5.19. The number of hydrogen-bond acceptors (Lipinski definition) is 4. The maximum Gasteiger partial charge on any atom is 0.302 e. The van der Waals surface area contributed by atoms with Crippen molar-refractivity contribution >= 4 is 11.7 Å². The van der Waals surface area contributed by atoms with Crippen LogP contribution in [-0.2, 0) is 16.1 Å². The number of nitrogens with zero attached hydrogens (tertiary/aromatic N) is 1. The molecule has 18 heavy (non-hydrogen) atoms. The standard InChI is InChI=1S/C14H22N2O2/c1-11(18-12(2)17)9-15-10-13-5-7-14(8-6-13)16(3)4/h5-8,11,15H,9-10H2,1-4H3. The highest BCUT2D eigenvalue weighted by Gasteiger charge is 2.04. The van der Waals surface area contributed by atoms with Crippen molar-refractivity contribution in [2.75, 3.05) is 25.5 Å². The van der Waals surface area contributed by atoms with Gasteiger partial charge in [-0.05, 0) is 24.6 Å². The second-order valence-electron chi connectivity index (χ2n) is 4.61. The van der Waals surface area contributed by atoms with Crippen LogP contribution in [0.2, 0.25) is 0 Å². The highest BCUT2D eigenvalue weighted by Crippen LogP contribution is 2.11. The van der Waals surface area contributed by atoms with Crippen LogP contribution in [0.5, 0.6) is 0 Å². The van der Waals surface area contributed by atoms with E-state index in [9.17, 15) is 4.79 Å². The van der Waals surface area contributed by atoms with Gasteiger partial charge in [-0.15, -0.1) is 0 Å². The summed E-state index contributed by atoms with van der Waals surface area (Å²) in [5.74, 6) is -0.236. The molecule has 4 heteroatoms. The molecular weight excluding hydrogens is 228 g/mol. The molecule has 1 rings (SSSR count). The molecule has 0 spiro atoms. The van der Waals surface area contributed by atoms with Crippen molar-refractivity contribution in [3.63, 3.8) is 0 Å². The van der Waals surface area contributed by atoms with E-state index in [1.54, 1.807) is 0 Å². The van der Waals surface area contributed by atoms with Gasteiger partial charge in [0.2, 0.25) is 0 Å². The molecule has 0 saturated heterocycles. The second kappa shape index (κ2) is 7.01. The number of rotatable bonds is 6. The van der Waals surface area contributed by atoms with Gasteiger partial charge in [0.15, 0.2) is 0 Å². The molecule has 1 atom stereocenters. The van der Waals surface area contributed by atoms with Crippen LogP contribution in [0.15, 0.2) is 24.3 Å². The van der Waals surface area contributed by atoms with Crippen molar-refractivity contribution < 1.29 is 9.53 Å². The molecule has 0 fully saturated rings. The summed E-state index contributed by atoms with van der Waals surface area (Å²) in [6, 6.07) is 8.37. The first-order valence-corrected chi connectivity index (χ1v) is 6.13. The first-order valence-electron chi connectivity index (χ1n) is 6.13. The minimum Gasteiger partial charge on any atom is -0.462 e. The van der Waals surface area contributed by atoms with Crippen LogP contribution < -0.4 is 10.2 Å². The van der Waals surface area contributed by atoms with Crippen molar-refractivity contribution in [2.45, 2.75) is 26.5 Å². The number of nitrogens with one attached hydrogen (secondary N) is 1. The molecule has 0 aliphatic carbocycles. The number of carbonyl (C=O) groups is 1. The first kappa shape index (κ1) is 14.5. The van der Waals surface area contributed by atoms with E-state index < -0.39 is 0 Å². The van der Waals surface area contributed by atoms with E-state index in [1.165, 1.54) is 18.2 Å². The molecule has 1 N–H and O–H groups in total. The normalized spacial score (nSPS) is 12.0. The smallest absolute Gasteiger partial charge is 0.302 e. The Morgan fingerprint density at radius 1 is 1.33 bits per heavy atom. The monoisotopic (exact) mass is 250 g/mol. The number of anilines is 1. The summed E-state index contributed by atoms with van der Waals surface area (Å²) in [6.45, 7) is 4.74. The fourth-order valence-corrected chi connectivity index (χ4v) is 1.66. The van der Waals surface area contributed by atoms with Gasteiger partial charge in [-0.25, -0.2) is 0 Å². The molecule has 100 valence electrons. The first-order chi connectivity index (χ1) is 8.49. The highest BCUT2D eigenvalue weighted by atomic mass is 16.5. The molecule has 0 aromatic heterocycles. The van der Waals surface area contributed by atoms with Gasteiger partial charge in [0, 0.05) is 39.8 Å². The van der Waals surface area contributed by atoms with E-state index in [2.05, 4.69) is 34.5 Å². The Hall–Kier alpha value is -1.55. The zero-order chi connectivity index (χ0) is 13.5. The van der Waals surface area contributed by atoms with Gasteiger partial charge in [0.1, 0.15) is 6.10 Å². The fourth-order valence-electron chi connectivity index (χ4n) is 1.66. The highest BCUT2D eigenvalue weighted by molar-refractivity contribution is 5.66. The molecule has 4 nitrogen and oxygen atoms in total. The molecule has 0 radical (unpaired) electrons. The van der Waals surface area contributed by atoms with Crippen LogP contribution in [-0.4, -0.2) is 32.7 Å². The van der Waals surface area contributed by atoms with E-state index >= 15 is 0 Å². The maximum absolute atomic E-state index is 10.7. The number of esters is 1. The van der Waals surface area contributed by atoms with Gasteiger partial charge in [-0.2, -0.15) is 0 Å². The Balaban J connectivity index is 2.33. The summed E-state index contributed by atoms with van der Waals surface area (Å²) in [4.78, 5) is 12.8. The molecular formula is C14H22N2O2. The molecule has 0 amide bonds. The van der Waals surface area contributed by atoms with Crippen LogP contribution in [0.1, 0.15) is 19.4 Å². The Labute approximate surface area is 109 Å². The Bertz CT molecular complexity index is 374.